The predicted octanol–water partition coefficient (Wildman–Crippen LogP) is 7.15. The molecule has 0 fully saturated rings. The highest BCUT2D eigenvalue weighted by atomic mass is 79.9. The van der Waals surface area contributed by atoms with Gasteiger partial charge in [0.25, 0.3) is 0 Å². The van der Waals surface area contributed by atoms with Gasteiger partial charge in [0.2, 0.25) is 0 Å². The van der Waals surface area contributed by atoms with Gasteiger partial charge in [0, 0.05) is 11.4 Å². The van der Waals surface area contributed by atoms with E-state index < -0.39 is 0 Å². The first kappa shape index (κ1) is 21.4. The number of carbonyl (C=O) groups is 1. The average molecular weight is 474 g/mol. The largest absolute Gasteiger partial charge is 0.492 e. The van der Waals surface area contributed by atoms with Crippen LogP contribution in [-0.2, 0) is 4.79 Å². The molecule has 0 saturated carbocycles. The van der Waals surface area contributed by atoms with Gasteiger partial charge in [-0.3, -0.25) is 4.79 Å². The van der Waals surface area contributed by atoms with Crippen LogP contribution in [-0.4, -0.2) is 12.6 Å². The lowest BCUT2D eigenvalue weighted by Crippen LogP contribution is -2.10. The van der Waals surface area contributed by atoms with E-state index in [-0.39, 0.29) is 12.4 Å². The van der Waals surface area contributed by atoms with E-state index >= 15 is 0 Å². The van der Waals surface area contributed by atoms with E-state index in [1.807, 2.05) is 74.5 Å². The zero-order valence-electron chi connectivity index (χ0n) is 16.4. The fraction of sp³-hybridized carbons (Fsp3) is 0.208. The molecule has 0 radical (unpaired) electrons. The number of ether oxygens (including phenoxy) is 2. The van der Waals surface area contributed by atoms with Crippen molar-refractivity contribution in [2.75, 3.05) is 6.61 Å². The van der Waals surface area contributed by atoms with Crippen molar-refractivity contribution < 1.29 is 14.3 Å². The summed E-state index contributed by atoms with van der Waals surface area (Å²) in [6.07, 6.45) is 0.845. The van der Waals surface area contributed by atoms with Gasteiger partial charge in [0.05, 0.1) is 11.1 Å². The number of rotatable bonds is 7. The molecule has 0 bridgehead atoms. The van der Waals surface area contributed by atoms with Crippen LogP contribution in [0.15, 0.2) is 65.1 Å². The van der Waals surface area contributed by atoms with Crippen LogP contribution in [0.2, 0.25) is 5.02 Å². The first-order valence-corrected chi connectivity index (χ1v) is 10.6. The summed E-state index contributed by atoms with van der Waals surface area (Å²) >= 11 is 9.74. The van der Waals surface area contributed by atoms with Gasteiger partial charge >= 0.3 is 5.97 Å². The van der Waals surface area contributed by atoms with Crippen LogP contribution < -0.4 is 9.47 Å². The van der Waals surface area contributed by atoms with E-state index in [9.17, 15) is 4.79 Å². The maximum atomic E-state index is 12.1. The Morgan fingerprint density at radius 2 is 1.66 bits per heavy atom. The van der Waals surface area contributed by atoms with Crippen LogP contribution in [0.3, 0.4) is 0 Å². The second-order valence-electron chi connectivity index (χ2n) is 6.76. The average Bonchev–Trinajstić information content (AvgIpc) is 2.74. The summed E-state index contributed by atoms with van der Waals surface area (Å²) in [7, 11) is 0. The Bertz CT molecular complexity index is 985. The molecule has 0 atom stereocenters. The van der Waals surface area contributed by atoms with Crippen molar-refractivity contribution in [1.82, 2.24) is 0 Å². The normalized spacial score (nSPS) is 10.6. The molecule has 3 aromatic rings. The number of hydrogen-bond donors (Lipinski definition) is 0. The zero-order chi connectivity index (χ0) is 20.8. The van der Waals surface area contributed by atoms with Crippen molar-refractivity contribution in [1.29, 1.82) is 0 Å². The van der Waals surface area contributed by atoms with Crippen molar-refractivity contribution in [3.63, 3.8) is 0 Å². The minimum atomic E-state index is -0.274. The Morgan fingerprint density at radius 1 is 1.00 bits per heavy atom. The Hall–Kier alpha value is -2.30. The maximum absolute atomic E-state index is 12.1. The number of aryl methyl sites for hydroxylation is 1. The summed E-state index contributed by atoms with van der Waals surface area (Å²) in [6.45, 7) is 4.29. The van der Waals surface area contributed by atoms with Gasteiger partial charge in [-0.05, 0) is 76.7 Å². The standard InChI is InChI=1S/C24H22BrClO3/c1-16-15-21(23(25)17(2)24(16)26)28-14-6-9-22(27)29-20-12-10-19(11-13-20)18-7-4-3-5-8-18/h3-5,7-8,10-13,15H,6,9,14H2,1-2H3. The first-order valence-electron chi connectivity index (χ1n) is 9.40. The second kappa shape index (κ2) is 9.95. The summed E-state index contributed by atoms with van der Waals surface area (Å²) in [5.74, 6) is 1.00. The van der Waals surface area contributed by atoms with Crippen molar-refractivity contribution in [2.45, 2.75) is 26.7 Å². The van der Waals surface area contributed by atoms with Gasteiger partial charge < -0.3 is 9.47 Å². The Kier molecular flexibility index (Phi) is 7.34. The van der Waals surface area contributed by atoms with Crippen molar-refractivity contribution in [3.05, 3.63) is 81.3 Å². The van der Waals surface area contributed by atoms with Crippen LogP contribution in [0.4, 0.5) is 0 Å². The van der Waals surface area contributed by atoms with Crippen molar-refractivity contribution in [3.8, 4) is 22.6 Å². The summed E-state index contributed by atoms with van der Waals surface area (Å²) in [6, 6.07) is 19.5. The molecule has 0 aromatic heterocycles. The lowest BCUT2D eigenvalue weighted by atomic mass is 10.1. The quantitative estimate of drug-likeness (QED) is 0.208. The van der Waals surface area contributed by atoms with Gasteiger partial charge in [0.1, 0.15) is 11.5 Å². The molecule has 0 aliphatic rings. The van der Waals surface area contributed by atoms with Crippen LogP contribution in [0, 0.1) is 13.8 Å². The molecular formula is C24H22BrClO3. The Morgan fingerprint density at radius 3 is 2.34 bits per heavy atom. The highest BCUT2D eigenvalue weighted by Gasteiger charge is 2.11. The molecule has 0 N–H and O–H groups in total. The fourth-order valence-corrected chi connectivity index (χ4v) is 3.62. The lowest BCUT2D eigenvalue weighted by molar-refractivity contribution is -0.134. The van der Waals surface area contributed by atoms with Crippen LogP contribution in [0.25, 0.3) is 11.1 Å². The number of halogens is 2. The monoisotopic (exact) mass is 472 g/mol. The van der Waals surface area contributed by atoms with Gasteiger partial charge in [-0.2, -0.15) is 0 Å². The third-order valence-corrected chi connectivity index (χ3v) is 6.11. The van der Waals surface area contributed by atoms with E-state index in [1.54, 1.807) is 0 Å². The molecule has 3 nitrogen and oxygen atoms in total. The van der Waals surface area contributed by atoms with E-state index in [4.69, 9.17) is 21.1 Å². The minimum Gasteiger partial charge on any atom is -0.492 e. The summed E-state index contributed by atoms with van der Waals surface area (Å²) in [5, 5.41) is 0.728. The molecule has 5 heteroatoms. The van der Waals surface area contributed by atoms with Crippen molar-refractivity contribution in [2.24, 2.45) is 0 Å². The first-order chi connectivity index (χ1) is 14.0. The molecule has 150 valence electrons. The number of benzene rings is 3. The SMILES string of the molecule is Cc1cc(OCCCC(=O)Oc2ccc(-c3ccccc3)cc2)c(Br)c(C)c1Cl. The smallest absolute Gasteiger partial charge is 0.311 e. The molecule has 0 amide bonds. The van der Waals surface area contributed by atoms with Gasteiger partial charge in [-0.25, -0.2) is 0 Å². The molecule has 0 aliphatic heterocycles. The molecule has 0 spiro atoms. The van der Waals surface area contributed by atoms with E-state index in [2.05, 4.69) is 15.9 Å². The Balaban J connectivity index is 1.47. The third-order valence-electron chi connectivity index (χ3n) is 4.54. The zero-order valence-corrected chi connectivity index (χ0v) is 18.7. The predicted molar refractivity (Wildman–Crippen MR) is 121 cm³/mol. The topological polar surface area (TPSA) is 35.5 Å². The maximum Gasteiger partial charge on any atom is 0.311 e. The summed E-state index contributed by atoms with van der Waals surface area (Å²) < 4.78 is 12.1. The molecule has 0 unspecified atom stereocenters. The highest BCUT2D eigenvalue weighted by Crippen LogP contribution is 2.35. The number of esters is 1. The van der Waals surface area contributed by atoms with Crippen LogP contribution in [0.1, 0.15) is 24.0 Å². The van der Waals surface area contributed by atoms with Gasteiger partial charge in [0.15, 0.2) is 0 Å². The molecular weight excluding hydrogens is 452 g/mol. The Labute approximate surface area is 184 Å². The third kappa shape index (κ3) is 5.62. The molecule has 3 rings (SSSR count). The second-order valence-corrected chi connectivity index (χ2v) is 7.93. The van der Waals surface area contributed by atoms with Crippen molar-refractivity contribution >= 4 is 33.5 Å². The van der Waals surface area contributed by atoms with Crippen LogP contribution in [0.5, 0.6) is 11.5 Å². The van der Waals surface area contributed by atoms with E-state index in [1.165, 1.54) is 0 Å². The van der Waals surface area contributed by atoms with E-state index in [0.717, 1.165) is 37.5 Å². The van der Waals surface area contributed by atoms with Crippen LogP contribution >= 0.6 is 27.5 Å². The number of hydrogen-bond acceptors (Lipinski definition) is 3. The molecule has 0 aliphatic carbocycles. The van der Waals surface area contributed by atoms with Gasteiger partial charge in [-0.15, -0.1) is 0 Å². The molecule has 3 aromatic carbocycles. The lowest BCUT2D eigenvalue weighted by Gasteiger charge is -2.13. The van der Waals surface area contributed by atoms with E-state index in [0.29, 0.717) is 18.8 Å². The number of carbonyl (C=O) groups excluding carboxylic acids is 1. The van der Waals surface area contributed by atoms with Gasteiger partial charge in [-0.1, -0.05) is 54.1 Å². The molecule has 29 heavy (non-hydrogen) atoms. The molecule has 0 heterocycles. The summed E-state index contributed by atoms with van der Waals surface area (Å²) in [5.41, 5.74) is 4.11. The molecule has 0 saturated heterocycles. The highest BCUT2D eigenvalue weighted by molar-refractivity contribution is 9.10. The fourth-order valence-electron chi connectivity index (χ4n) is 2.93. The summed E-state index contributed by atoms with van der Waals surface area (Å²) in [4.78, 5) is 12.1. The minimum absolute atomic E-state index is 0.274.